The first kappa shape index (κ1) is 9.90. The highest BCUT2D eigenvalue weighted by molar-refractivity contribution is 5.88. The molecule has 0 aliphatic carbocycles. The van der Waals surface area contributed by atoms with Gasteiger partial charge in [-0.05, 0) is 20.8 Å². The smallest absolute Gasteiger partial charge is 0.262 e. The molecule has 0 N–H and O–H groups in total. The molecule has 0 aromatic heterocycles. The maximum absolute atomic E-state index is 14.0. The van der Waals surface area contributed by atoms with E-state index in [1.54, 1.807) is 25.7 Å². The number of amides is 1. The van der Waals surface area contributed by atoms with Crippen molar-refractivity contribution in [2.24, 2.45) is 5.92 Å². The van der Waals surface area contributed by atoms with Gasteiger partial charge >= 0.3 is 0 Å². The number of halogens is 1. The van der Waals surface area contributed by atoms with Gasteiger partial charge < -0.3 is 9.64 Å². The fourth-order valence-electron chi connectivity index (χ4n) is 2.39. The summed E-state index contributed by atoms with van der Waals surface area (Å²) in [6.45, 7) is 7.19. The second kappa shape index (κ2) is 2.48. The lowest BCUT2D eigenvalue weighted by molar-refractivity contribution is -0.151. The Morgan fingerprint density at radius 2 is 2.07 bits per heavy atom. The zero-order valence-electron chi connectivity index (χ0n) is 9.00. The van der Waals surface area contributed by atoms with Gasteiger partial charge in [0.05, 0.1) is 12.6 Å². The van der Waals surface area contributed by atoms with Crippen LogP contribution in [0.4, 0.5) is 4.39 Å². The van der Waals surface area contributed by atoms with Crippen LogP contribution in [-0.4, -0.2) is 34.8 Å². The number of nitrogens with zero attached hydrogens (tertiary/aromatic N) is 1. The van der Waals surface area contributed by atoms with Crippen LogP contribution in [0.3, 0.4) is 0 Å². The second-order valence-corrected chi connectivity index (χ2v) is 4.86. The summed E-state index contributed by atoms with van der Waals surface area (Å²) in [6.07, 6.45) is 0. The van der Waals surface area contributed by atoms with Gasteiger partial charge in [-0.1, -0.05) is 6.92 Å². The summed E-state index contributed by atoms with van der Waals surface area (Å²) in [5.74, 6) is -0.728. The number of ether oxygens (including phenoxy) is 1. The summed E-state index contributed by atoms with van der Waals surface area (Å²) in [5, 5.41) is 0. The topological polar surface area (TPSA) is 29.5 Å². The van der Waals surface area contributed by atoms with Gasteiger partial charge in [0.1, 0.15) is 5.72 Å². The predicted octanol–water partition coefficient (Wildman–Crippen LogP) is 1.33. The van der Waals surface area contributed by atoms with Crippen molar-refractivity contribution in [3.05, 3.63) is 0 Å². The molecule has 1 amide bonds. The van der Waals surface area contributed by atoms with Gasteiger partial charge in [-0.25, -0.2) is 4.39 Å². The Morgan fingerprint density at radius 1 is 1.50 bits per heavy atom. The highest BCUT2D eigenvalue weighted by atomic mass is 19.1. The molecule has 0 saturated carbocycles. The SMILES string of the molecule is C[C@H]1[C@H]2COC(C)(C)N2C(=O)[C@@]1(C)F. The van der Waals surface area contributed by atoms with Crippen molar-refractivity contribution in [1.82, 2.24) is 4.90 Å². The zero-order valence-corrected chi connectivity index (χ0v) is 9.00. The van der Waals surface area contributed by atoms with E-state index in [2.05, 4.69) is 0 Å². The molecular weight excluding hydrogens is 185 g/mol. The van der Waals surface area contributed by atoms with E-state index in [0.717, 1.165) is 0 Å². The van der Waals surface area contributed by atoms with E-state index < -0.39 is 17.3 Å². The van der Waals surface area contributed by atoms with Crippen molar-refractivity contribution in [2.45, 2.75) is 45.1 Å². The molecule has 2 fully saturated rings. The van der Waals surface area contributed by atoms with Crippen molar-refractivity contribution >= 4 is 5.91 Å². The van der Waals surface area contributed by atoms with E-state index in [4.69, 9.17) is 4.74 Å². The Morgan fingerprint density at radius 3 is 2.57 bits per heavy atom. The molecule has 0 aromatic carbocycles. The van der Waals surface area contributed by atoms with Crippen LogP contribution in [-0.2, 0) is 9.53 Å². The van der Waals surface area contributed by atoms with Crippen LogP contribution in [0, 0.1) is 5.92 Å². The number of rotatable bonds is 0. The average molecular weight is 201 g/mol. The first-order chi connectivity index (χ1) is 6.28. The molecule has 2 rings (SSSR count). The van der Waals surface area contributed by atoms with Gasteiger partial charge in [-0.2, -0.15) is 0 Å². The van der Waals surface area contributed by atoms with Crippen LogP contribution in [0.2, 0.25) is 0 Å². The molecule has 0 aromatic rings. The largest absolute Gasteiger partial charge is 0.354 e. The lowest BCUT2D eigenvalue weighted by atomic mass is 9.91. The molecule has 0 unspecified atom stereocenters. The zero-order chi connectivity index (χ0) is 10.7. The Bertz CT molecular complexity index is 288. The van der Waals surface area contributed by atoms with E-state index in [1.807, 2.05) is 0 Å². The molecule has 2 aliphatic rings. The van der Waals surface area contributed by atoms with Crippen molar-refractivity contribution < 1.29 is 13.9 Å². The third kappa shape index (κ3) is 0.975. The van der Waals surface area contributed by atoms with Crippen LogP contribution in [0.25, 0.3) is 0 Å². The lowest BCUT2D eigenvalue weighted by Gasteiger charge is -2.29. The minimum Gasteiger partial charge on any atom is -0.354 e. The van der Waals surface area contributed by atoms with Gasteiger partial charge in [0, 0.05) is 5.92 Å². The second-order valence-electron chi connectivity index (χ2n) is 4.86. The normalized spacial score (nSPS) is 45.8. The fourth-order valence-corrected chi connectivity index (χ4v) is 2.39. The predicted molar refractivity (Wildman–Crippen MR) is 49.3 cm³/mol. The van der Waals surface area contributed by atoms with Gasteiger partial charge in [0.25, 0.3) is 5.91 Å². The summed E-state index contributed by atoms with van der Waals surface area (Å²) >= 11 is 0. The van der Waals surface area contributed by atoms with E-state index >= 15 is 0 Å². The number of carbonyl (C=O) groups is 1. The maximum Gasteiger partial charge on any atom is 0.262 e. The molecule has 4 heteroatoms. The number of hydrogen-bond acceptors (Lipinski definition) is 2. The molecule has 3 nitrogen and oxygen atoms in total. The Labute approximate surface area is 83.2 Å². The quantitative estimate of drug-likeness (QED) is 0.591. The third-order valence-corrected chi connectivity index (χ3v) is 3.59. The third-order valence-electron chi connectivity index (χ3n) is 3.59. The molecule has 3 atom stereocenters. The first-order valence-corrected chi connectivity index (χ1v) is 4.95. The average Bonchev–Trinajstić information content (AvgIpc) is 2.45. The van der Waals surface area contributed by atoms with E-state index in [-0.39, 0.29) is 12.0 Å². The summed E-state index contributed by atoms with van der Waals surface area (Å²) in [6, 6.07) is -0.104. The monoisotopic (exact) mass is 201 g/mol. The number of fused-ring (bicyclic) bond motifs is 1. The molecule has 2 heterocycles. The molecule has 2 saturated heterocycles. The van der Waals surface area contributed by atoms with Gasteiger partial charge in [0.15, 0.2) is 5.67 Å². The molecular formula is C10H16FNO2. The van der Waals surface area contributed by atoms with Gasteiger partial charge in [-0.3, -0.25) is 4.79 Å². The minimum atomic E-state index is -1.73. The summed E-state index contributed by atoms with van der Waals surface area (Å²) in [4.78, 5) is 13.4. The van der Waals surface area contributed by atoms with Crippen LogP contribution in [0.15, 0.2) is 0 Å². The Balaban J connectivity index is 2.40. The summed E-state index contributed by atoms with van der Waals surface area (Å²) in [5.41, 5.74) is -2.38. The lowest BCUT2D eigenvalue weighted by Crippen LogP contribution is -2.46. The number of hydrogen-bond donors (Lipinski definition) is 0. The number of alkyl halides is 1. The van der Waals surface area contributed by atoms with Gasteiger partial charge in [-0.15, -0.1) is 0 Å². The molecule has 0 radical (unpaired) electrons. The van der Waals surface area contributed by atoms with Crippen LogP contribution >= 0.6 is 0 Å². The van der Waals surface area contributed by atoms with Crippen molar-refractivity contribution in [2.75, 3.05) is 6.61 Å². The maximum atomic E-state index is 14.0. The fraction of sp³-hybridized carbons (Fsp3) is 0.900. The van der Waals surface area contributed by atoms with Gasteiger partial charge in [0.2, 0.25) is 0 Å². The van der Waals surface area contributed by atoms with E-state index in [0.29, 0.717) is 6.61 Å². The first-order valence-electron chi connectivity index (χ1n) is 4.95. The molecule has 80 valence electrons. The summed E-state index contributed by atoms with van der Waals surface area (Å²) in [7, 11) is 0. The Kier molecular flexibility index (Phi) is 1.75. The van der Waals surface area contributed by atoms with Crippen molar-refractivity contribution in [1.29, 1.82) is 0 Å². The van der Waals surface area contributed by atoms with E-state index in [1.165, 1.54) is 6.92 Å². The van der Waals surface area contributed by atoms with Crippen LogP contribution in [0.5, 0.6) is 0 Å². The highest BCUT2D eigenvalue weighted by Crippen LogP contribution is 2.45. The van der Waals surface area contributed by atoms with Crippen LogP contribution < -0.4 is 0 Å². The van der Waals surface area contributed by atoms with Crippen molar-refractivity contribution in [3.8, 4) is 0 Å². The molecule has 14 heavy (non-hydrogen) atoms. The van der Waals surface area contributed by atoms with E-state index in [9.17, 15) is 9.18 Å². The summed E-state index contributed by atoms with van der Waals surface area (Å²) < 4.78 is 19.5. The standard InChI is InChI=1S/C10H16FNO2/c1-6-7-5-14-9(2,3)12(7)8(13)10(6,4)11/h6-7H,5H2,1-4H3/t6-,7+,10-/m0/s1. The number of carbonyl (C=O) groups excluding carboxylic acids is 1. The molecule has 2 aliphatic heterocycles. The van der Waals surface area contributed by atoms with Crippen LogP contribution in [0.1, 0.15) is 27.7 Å². The Hall–Kier alpha value is -0.640. The minimum absolute atomic E-state index is 0.104. The highest BCUT2D eigenvalue weighted by Gasteiger charge is 2.62. The molecule has 0 spiro atoms. The van der Waals surface area contributed by atoms with Crippen molar-refractivity contribution in [3.63, 3.8) is 0 Å². The molecule has 0 bridgehead atoms.